The number of nitrogens with zero attached hydrogens (tertiary/aromatic N) is 3. The van der Waals surface area contributed by atoms with Gasteiger partial charge in [-0.3, -0.25) is 15.0 Å². The molecule has 1 aliphatic rings. The van der Waals surface area contributed by atoms with Gasteiger partial charge >= 0.3 is 0 Å². The van der Waals surface area contributed by atoms with Crippen LogP contribution in [0.4, 0.5) is 5.69 Å². The summed E-state index contributed by atoms with van der Waals surface area (Å²) in [5.41, 5.74) is 0.795. The van der Waals surface area contributed by atoms with E-state index in [0.717, 1.165) is 39.3 Å². The summed E-state index contributed by atoms with van der Waals surface area (Å²) >= 11 is 5.95. The van der Waals surface area contributed by atoms with Gasteiger partial charge in [-0.1, -0.05) is 11.6 Å². The number of hydrogen-bond acceptors (Lipinski definition) is 5. The third-order valence-electron chi connectivity index (χ3n) is 3.69. The van der Waals surface area contributed by atoms with Gasteiger partial charge in [0, 0.05) is 62.5 Å². The van der Waals surface area contributed by atoms with Crippen molar-refractivity contribution in [1.29, 1.82) is 0 Å². The molecule has 6 nitrogen and oxygen atoms in total. The summed E-state index contributed by atoms with van der Waals surface area (Å²) < 4.78 is 0. The first kappa shape index (κ1) is 16.2. The molecule has 2 rings (SSSR count). The van der Waals surface area contributed by atoms with E-state index in [1.54, 1.807) is 12.1 Å². The fraction of sp³-hybridized carbons (Fsp3) is 0.571. The quantitative estimate of drug-likeness (QED) is 0.638. The van der Waals surface area contributed by atoms with Gasteiger partial charge < -0.3 is 10.2 Å². The standard InChI is InChI=1S/C14H21ClN4O2/c1-17(8-9-18-6-4-16-5-7-18)11-12-10-13(15)2-3-14(12)19(20)21/h2-3,10,16H,4-9,11H2,1H3. The van der Waals surface area contributed by atoms with E-state index in [-0.39, 0.29) is 10.6 Å². The molecule has 0 bridgehead atoms. The van der Waals surface area contributed by atoms with Gasteiger partial charge in [0.1, 0.15) is 0 Å². The molecular formula is C14H21ClN4O2. The maximum atomic E-state index is 11.0. The van der Waals surface area contributed by atoms with Crippen molar-refractivity contribution in [3.63, 3.8) is 0 Å². The van der Waals surface area contributed by atoms with E-state index < -0.39 is 0 Å². The Bertz CT molecular complexity index is 492. The minimum absolute atomic E-state index is 0.133. The van der Waals surface area contributed by atoms with Crippen LogP contribution in [0.25, 0.3) is 0 Å². The lowest BCUT2D eigenvalue weighted by atomic mass is 10.1. The molecule has 0 saturated carbocycles. The predicted molar refractivity (Wildman–Crippen MR) is 83.8 cm³/mol. The van der Waals surface area contributed by atoms with Crippen molar-refractivity contribution in [3.05, 3.63) is 38.9 Å². The Morgan fingerprint density at radius 2 is 2.14 bits per heavy atom. The number of nitrogens with one attached hydrogen (secondary N) is 1. The van der Waals surface area contributed by atoms with Crippen LogP contribution in [-0.2, 0) is 6.54 Å². The monoisotopic (exact) mass is 312 g/mol. The lowest BCUT2D eigenvalue weighted by Gasteiger charge is -2.29. The van der Waals surface area contributed by atoms with Crippen LogP contribution in [0.3, 0.4) is 0 Å². The van der Waals surface area contributed by atoms with Crippen molar-refractivity contribution >= 4 is 17.3 Å². The van der Waals surface area contributed by atoms with Gasteiger partial charge in [-0.15, -0.1) is 0 Å². The molecular weight excluding hydrogens is 292 g/mol. The third kappa shape index (κ3) is 4.93. The van der Waals surface area contributed by atoms with Gasteiger partial charge in [0.25, 0.3) is 5.69 Å². The highest BCUT2D eigenvalue weighted by molar-refractivity contribution is 6.30. The summed E-state index contributed by atoms with van der Waals surface area (Å²) in [5, 5.41) is 14.9. The Balaban J connectivity index is 1.90. The molecule has 0 spiro atoms. The fourth-order valence-corrected chi connectivity index (χ4v) is 2.67. The summed E-state index contributed by atoms with van der Waals surface area (Å²) in [7, 11) is 1.98. The molecule has 1 N–H and O–H groups in total. The zero-order valence-electron chi connectivity index (χ0n) is 12.2. The average molecular weight is 313 g/mol. The van der Waals surface area contributed by atoms with Crippen molar-refractivity contribution < 1.29 is 4.92 Å². The molecule has 1 aromatic carbocycles. The zero-order chi connectivity index (χ0) is 15.2. The second-order valence-corrected chi connectivity index (χ2v) is 5.80. The predicted octanol–water partition coefficient (Wildman–Crippen LogP) is 1.59. The summed E-state index contributed by atoms with van der Waals surface area (Å²) in [6, 6.07) is 4.72. The summed E-state index contributed by atoms with van der Waals surface area (Å²) in [4.78, 5) is 15.2. The highest BCUT2D eigenvalue weighted by Gasteiger charge is 2.16. The summed E-state index contributed by atoms with van der Waals surface area (Å²) in [6.45, 7) is 6.57. The SMILES string of the molecule is CN(CCN1CCNCC1)Cc1cc(Cl)ccc1[N+](=O)[O-]. The second kappa shape index (κ2) is 7.70. The van der Waals surface area contributed by atoms with Crippen LogP contribution >= 0.6 is 11.6 Å². The summed E-state index contributed by atoms with van der Waals surface area (Å²) in [6.07, 6.45) is 0. The number of likely N-dealkylation sites (N-methyl/N-ethyl adjacent to an activating group) is 1. The molecule has 1 fully saturated rings. The topological polar surface area (TPSA) is 61.6 Å². The highest BCUT2D eigenvalue weighted by atomic mass is 35.5. The molecule has 1 saturated heterocycles. The Hall–Kier alpha value is -1.21. The molecule has 7 heteroatoms. The molecule has 0 aromatic heterocycles. The first-order valence-electron chi connectivity index (χ1n) is 7.10. The Morgan fingerprint density at radius 1 is 1.43 bits per heavy atom. The molecule has 0 unspecified atom stereocenters. The van der Waals surface area contributed by atoms with E-state index in [1.807, 2.05) is 7.05 Å². The van der Waals surface area contributed by atoms with Crippen LogP contribution in [0.1, 0.15) is 5.56 Å². The Morgan fingerprint density at radius 3 is 2.81 bits per heavy atom. The van der Waals surface area contributed by atoms with Crippen LogP contribution in [0, 0.1) is 10.1 Å². The maximum absolute atomic E-state index is 11.0. The molecule has 0 radical (unpaired) electrons. The minimum Gasteiger partial charge on any atom is -0.314 e. The van der Waals surface area contributed by atoms with E-state index in [4.69, 9.17) is 11.6 Å². The van der Waals surface area contributed by atoms with Crippen molar-refractivity contribution in [2.75, 3.05) is 46.3 Å². The third-order valence-corrected chi connectivity index (χ3v) is 3.92. The number of piperazine rings is 1. The fourth-order valence-electron chi connectivity index (χ4n) is 2.48. The lowest BCUT2D eigenvalue weighted by molar-refractivity contribution is -0.385. The number of nitro benzene ring substituents is 1. The van der Waals surface area contributed by atoms with Crippen LogP contribution in [0.15, 0.2) is 18.2 Å². The molecule has 1 aromatic rings. The van der Waals surface area contributed by atoms with Gasteiger partial charge in [-0.2, -0.15) is 0 Å². The number of rotatable bonds is 6. The summed E-state index contributed by atoms with van der Waals surface area (Å²) in [5.74, 6) is 0. The molecule has 21 heavy (non-hydrogen) atoms. The smallest absolute Gasteiger partial charge is 0.273 e. The molecule has 0 amide bonds. The number of halogens is 1. The first-order valence-corrected chi connectivity index (χ1v) is 7.48. The van der Waals surface area contributed by atoms with E-state index in [0.29, 0.717) is 17.1 Å². The van der Waals surface area contributed by atoms with Gasteiger partial charge in [0.15, 0.2) is 0 Å². The van der Waals surface area contributed by atoms with Gasteiger partial charge in [0.05, 0.1) is 4.92 Å². The maximum Gasteiger partial charge on any atom is 0.273 e. The highest BCUT2D eigenvalue weighted by Crippen LogP contribution is 2.23. The lowest BCUT2D eigenvalue weighted by Crippen LogP contribution is -2.45. The Kier molecular flexibility index (Phi) is 5.93. The van der Waals surface area contributed by atoms with E-state index in [9.17, 15) is 10.1 Å². The van der Waals surface area contributed by atoms with Crippen LogP contribution in [0.5, 0.6) is 0 Å². The minimum atomic E-state index is -0.351. The van der Waals surface area contributed by atoms with E-state index in [1.165, 1.54) is 6.07 Å². The largest absolute Gasteiger partial charge is 0.314 e. The molecule has 0 aliphatic carbocycles. The van der Waals surface area contributed by atoms with Crippen molar-refractivity contribution in [3.8, 4) is 0 Å². The van der Waals surface area contributed by atoms with E-state index >= 15 is 0 Å². The molecule has 0 atom stereocenters. The number of benzene rings is 1. The van der Waals surface area contributed by atoms with Crippen molar-refractivity contribution in [1.82, 2.24) is 15.1 Å². The zero-order valence-corrected chi connectivity index (χ0v) is 13.0. The van der Waals surface area contributed by atoms with E-state index in [2.05, 4.69) is 15.1 Å². The van der Waals surface area contributed by atoms with Crippen LogP contribution in [-0.4, -0.2) is 61.0 Å². The number of hydrogen-bond donors (Lipinski definition) is 1. The van der Waals surface area contributed by atoms with Crippen LogP contribution in [0.2, 0.25) is 5.02 Å². The normalized spacial score (nSPS) is 16.3. The van der Waals surface area contributed by atoms with Gasteiger partial charge in [-0.25, -0.2) is 0 Å². The second-order valence-electron chi connectivity index (χ2n) is 5.36. The van der Waals surface area contributed by atoms with Crippen molar-refractivity contribution in [2.45, 2.75) is 6.54 Å². The molecule has 116 valence electrons. The van der Waals surface area contributed by atoms with Crippen LogP contribution < -0.4 is 5.32 Å². The average Bonchev–Trinajstić information content (AvgIpc) is 2.46. The van der Waals surface area contributed by atoms with Crippen molar-refractivity contribution in [2.24, 2.45) is 0 Å². The Labute approximate surface area is 129 Å². The first-order chi connectivity index (χ1) is 10.1. The van der Waals surface area contributed by atoms with Gasteiger partial charge in [0.2, 0.25) is 0 Å². The number of nitro groups is 1. The molecule has 1 heterocycles. The molecule has 1 aliphatic heterocycles. The van der Waals surface area contributed by atoms with Gasteiger partial charge in [-0.05, 0) is 19.2 Å².